The fraction of sp³-hybridized carbons (Fsp3) is 0.571. The smallest absolute Gasteiger partial charge is 0.232 e. The standard InChI is InChI=1S/C21H28N4O2S/c1-15(20-22-17-8-4-5-9-18(17)23-20)28-14-19(26)24-10-12-25(13-11-24)21(27)16-6-2-3-7-16/h4-5,8-9,15-16H,2-3,6-7,10-14H2,1H3,(H,22,23). The van der Waals surface area contributed by atoms with Gasteiger partial charge in [-0.25, -0.2) is 4.98 Å². The van der Waals surface area contributed by atoms with E-state index in [2.05, 4.69) is 16.9 Å². The number of carbonyl (C=O) groups is 2. The summed E-state index contributed by atoms with van der Waals surface area (Å²) in [5.74, 6) is 2.03. The van der Waals surface area contributed by atoms with Gasteiger partial charge in [-0.15, -0.1) is 11.8 Å². The lowest BCUT2D eigenvalue weighted by molar-refractivity contribution is -0.141. The molecule has 2 amide bonds. The van der Waals surface area contributed by atoms with Crippen LogP contribution in [0.1, 0.15) is 43.7 Å². The molecule has 1 N–H and O–H groups in total. The van der Waals surface area contributed by atoms with Crippen molar-refractivity contribution < 1.29 is 9.59 Å². The first kappa shape index (κ1) is 19.3. The minimum absolute atomic E-state index is 0.126. The lowest BCUT2D eigenvalue weighted by atomic mass is 10.1. The Balaban J connectivity index is 1.24. The minimum atomic E-state index is 0.126. The van der Waals surface area contributed by atoms with Crippen LogP contribution in [0.2, 0.25) is 0 Å². The first-order valence-corrected chi connectivity index (χ1v) is 11.3. The quantitative estimate of drug-likeness (QED) is 0.837. The highest BCUT2D eigenvalue weighted by Gasteiger charge is 2.30. The first-order chi connectivity index (χ1) is 13.6. The van der Waals surface area contributed by atoms with E-state index in [1.165, 1.54) is 12.8 Å². The molecule has 1 saturated carbocycles. The largest absolute Gasteiger partial charge is 0.341 e. The van der Waals surface area contributed by atoms with Gasteiger partial charge in [-0.2, -0.15) is 0 Å². The highest BCUT2D eigenvalue weighted by atomic mass is 32.2. The topological polar surface area (TPSA) is 69.3 Å². The number of hydrogen-bond acceptors (Lipinski definition) is 4. The molecule has 1 aliphatic carbocycles. The summed E-state index contributed by atoms with van der Waals surface area (Å²) in [6, 6.07) is 7.97. The molecule has 0 bridgehead atoms. The Labute approximate surface area is 170 Å². The van der Waals surface area contributed by atoms with E-state index >= 15 is 0 Å². The molecule has 1 aromatic heterocycles. The van der Waals surface area contributed by atoms with E-state index < -0.39 is 0 Å². The minimum Gasteiger partial charge on any atom is -0.341 e. The molecule has 1 saturated heterocycles. The summed E-state index contributed by atoms with van der Waals surface area (Å²) in [7, 11) is 0. The number of carbonyl (C=O) groups excluding carboxylic acids is 2. The van der Waals surface area contributed by atoms with Crippen molar-refractivity contribution in [1.29, 1.82) is 0 Å². The van der Waals surface area contributed by atoms with Crippen LogP contribution in [0.15, 0.2) is 24.3 Å². The van der Waals surface area contributed by atoms with Gasteiger partial charge >= 0.3 is 0 Å². The SMILES string of the molecule is CC(SCC(=O)N1CCN(C(=O)C2CCCC2)CC1)c1nc2ccccc2[nH]1. The van der Waals surface area contributed by atoms with Crippen molar-refractivity contribution in [3.8, 4) is 0 Å². The van der Waals surface area contributed by atoms with Gasteiger partial charge in [0.25, 0.3) is 0 Å². The van der Waals surface area contributed by atoms with Crippen LogP contribution in [0.5, 0.6) is 0 Å². The van der Waals surface area contributed by atoms with Gasteiger partial charge in [0, 0.05) is 32.1 Å². The van der Waals surface area contributed by atoms with Gasteiger partial charge in [-0.1, -0.05) is 25.0 Å². The highest BCUT2D eigenvalue weighted by Crippen LogP contribution is 2.29. The average Bonchev–Trinajstić information content (AvgIpc) is 3.41. The number of benzene rings is 1. The maximum atomic E-state index is 12.6. The van der Waals surface area contributed by atoms with Crippen LogP contribution in [-0.2, 0) is 9.59 Å². The van der Waals surface area contributed by atoms with Crippen molar-refractivity contribution in [2.45, 2.75) is 37.9 Å². The molecule has 150 valence electrons. The van der Waals surface area contributed by atoms with E-state index in [-0.39, 0.29) is 17.1 Å². The highest BCUT2D eigenvalue weighted by molar-refractivity contribution is 8.00. The first-order valence-electron chi connectivity index (χ1n) is 10.2. The number of para-hydroxylation sites is 2. The second kappa shape index (κ2) is 8.55. The summed E-state index contributed by atoms with van der Waals surface area (Å²) in [4.78, 5) is 37.0. The Morgan fingerprint density at radius 2 is 1.82 bits per heavy atom. The molecular formula is C21H28N4O2S. The number of fused-ring (bicyclic) bond motifs is 1. The predicted molar refractivity (Wildman–Crippen MR) is 112 cm³/mol. The normalized spacial score (nSPS) is 19.3. The third kappa shape index (κ3) is 4.19. The van der Waals surface area contributed by atoms with Crippen molar-refractivity contribution >= 4 is 34.6 Å². The maximum absolute atomic E-state index is 12.6. The Morgan fingerprint density at radius 3 is 2.54 bits per heavy atom. The van der Waals surface area contributed by atoms with Crippen LogP contribution in [0.3, 0.4) is 0 Å². The lowest BCUT2D eigenvalue weighted by Crippen LogP contribution is -2.52. The molecule has 2 aliphatic rings. The second-order valence-corrected chi connectivity index (χ2v) is 9.11. The van der Waals surface area contributed by atoms with Gasteiger partial charge in [0.2, 0.25) is 11.8 Å². The Bertz CT molecular complexity index is 805. The van der Waals surface area contributed by atoms with Crippen molar-refractivity contribution in [2.24, 2.45) is 5.92 Å². The number of aromatic amines is 1. The molecule has 0 spiro atoms. The van der Waals surface area contributed by atoms with Gasteiger partial charge < -0.3 is 14.8 Å². The molecule has 2 heterocycles. The Kier molecular flexibility index (Phi) is 5.90. The number of rotatable bonds is 5. The number of nitrogens with zero attached hydrogens (tertiary/aromatic N) is 3. The zero-order chi connectivity index (χ0) is 19.5. The van der Waals surface area contributed by atoms with Gasteiger partial charge in [-0.05, 0) is 31.9 Å². The zero-order valence-electron chi connectivity index (χ0n) is 16.4. The molecule has 2 fully saturated rings. The molecule has 0 radical (unpaired) electrons. The molecule has 28 heavy (non-hydrogen) atoms. The van der Waals surface area contributed by atoms with Crippen molar-refractivity contribution in [3.05, 3.63) is 30.1 Å². The number of H-pyrrole nitrogens is 1. The third-order valence-corrected chi connectivity index (χ3v) is 7.03. The summed E-state index contributed by atoms with van der Waals surface area (Å²) in [6.45, 7) is 4.72. The number of nitrogens with one attached hydrogen (secondary N) is 1. The van der Waals surface area contributed by atoms with Gasteiger partial charge in [0.05, 0.1) is 22.0 Å². The lowest BCUT2D eigenvalue weighted by Gasteiger charge is -2.36. The maximum Gasteiger partial charge on any atom is 0.232 e. The monoisotopic (exact) mass is 400 g/mol. The summed E-state index contributed by atoms with van der Waals surface area (Å²) < 4.78 is 0. The zero-order valence-corrected chi connectivity index (χ0v) is 17.2. The molecule has 1 aliphatic heterocycles. The van der Waals surface area contributed by atoms with Gasteiger partial charge in [0.1, 0.15) is 5.82 Å². The molecule has 6 nitrogen and oxygen atoms in total. The number of hydrogen-bond donors (Lipinski definition) is 1. The van der Waals surface area contributed by atoms with E-state index in [1.807, 2.05) is 34.1 Å². The number of imidazole rings is 1. The van der Waals surface area contributed by atoms with Gasteiger partial charge in [-0.3, -0.25) is 9.59 Å². The van der Waals surface area contributed by atoms with Crippen LogP contribution < -0.4 is 0 Å². The summed E-state index contributed by atoms with van der Waals surface area (Å²) in [5.41, 5.74) is 1.98. The number of aromatic nitrogens is 2. The van der Waals surface area contributed by atoms with Crippen LogP contribution in [0.25, 0.3) is 11.0 Å². The van der Waals surface area contributed by atoms with E-state index in [4.69, 9.17) is 0 Å². The molecule has 1 unspecified atom stereocenters. The van der Waals surface area contributed by atoms with Crippen LogP contribution in [0.4, 0.5) is 0 Å². The third-order valence-electron chi connectivity index (χ3n) is 5.90. The molecule has 2 aromatic rings. The van der Waals surface area contributed by atoms with E-state index in [9.17, 15) is 9.59 Å². The van der Waals surface area contributed by atoms with Crippen LogP contribution >= 0.6 is 11.8 Å². The molecule has 7 heteroatoms. The second-order valence-electron chi connectivity index (χ2n) is 7.78. The Morgan fingerprint density at radius 1 is 1.14 bits per heavy atom. The molecule has 4 rings (SSSR count). The van der Waals surface area contributed by atoms with Crippen molar-refractivity contribution in [2.75, 3.05) is 31.9 Å². The average molecular weight is 401 g/mol. The molecular weight excluding hydrogens is 372 g/mol. The predicted octanol–water partition coefficient (Wildman–Crippen LogP) is 3.22. The van der Waals surface area contributed by atoms with E-state index in [1.54, 1.807) is 11.8 Å². The Hall–Kier alpha value is -2.02. The van der Waals surface area contributed by atoms with Crippen molar-refractivity contribution in [1.82, 2.24) is 19.8 Å². The number of thioether (sulfide) groups is 1. The summed E-state index contributed by atoms with van der Waals surface area (Å²) in [5, 5.41) is 0.126. The van der Waals surface area contributed by atoms with E-state index in [0.29, 0.717) is 37.8 Å². The number of amides is 2. The fourth-order valence-electron chi connectivity index (χ4n) is 4.14. The summed E-state index contributed by atoms with van der Waals surface area (Å²) in [6.07, 6.45) is 4.42. The van der Waals surface area contributed by atoms with Crippen LogP contribution in [-0.4, -0.2) is 63.5 Å². The van der Waals surface area contributed by atoms with Gasteiger partial charge in [0.15, 0.2) is 0 Å². The van der Waals surface area contributed by atoms with Crippen LogP contribution in [0, 0.1) is 5.92 Å². The fourth-order valence-corrected chi connectivity index (χ4v) is 4.98. The molecule has 1 atom stereocenters. The number of piperazine rings is 1. The van der Waals surface area contributed by atoms with E-state index in [0.717, 1.165) is 29.7 Å². The van der Waals surface area contributed by atoms with Crippen molar-refractivity contribution in [3.63, 3.8) is 0 Å². The summed E-state index contributed by atoms with van der Waals surface area (Å²) >= 11 is 1.61. The molecule has 1 aromatic carbocycles.